The molecule has 1 fully saturated rings. The molecular weight excluding hydrogens is 322 g/mol. The van der Waals surface area contributed by atoms with E-state index in [0.29, 0.717) is 12.1 Å². The van der Waals surface area contributed by atoms with E-state index in [4.69, 9.17) is 5.11 Å². The molecular formula is C15H12BrNO3. The van der Waals surface area contributed by atoms with Gasteiger partial charge in [0.25, 0.3) is 0 Å². The van der Waals surface area contributed by atoms with Crippen molar-refractivity contribution >= 4 is 44.3 Å². The van der Waals surface area contributed by atoms with Crippen molar-refractivity contribution in [2.75, 3.05) is 5.32 Å². The predicted octanol–water partition coefficient (Wildman–Crippen LogP) is 3.26. The highest BCUT2D eigenvalue weighted by Crippen LogP contribution is 2.40. The third kappa shape index (κ3) is 2.29. The normalized spacial score (nSPS) is 20.6. The van der Waals surface area contributed by atoms with Crippen LogP contribution in [0.5, 0.6) is 0 Å². The lowest BCUT2D eigenvalue weighted by Gasteiger charge is -2.09. The van der Waals surface area contributed by atoms with E-state index in [0.717, 1.165) is 15.2 Å². The lowest BCUT2D eigenvalue weighted by molar-refractivity contribution is -0.139. The quantitative estimate of drug-likeness (QED) is 0.905. The average molecular weight is 334 g/mol. The second kappa shape index (κ2) is 4.90. The van der Waals surface area contributed by atoms with Gasteiger partial charge in [0.05, 0.1) is 11.8 Å². The Bertz CT molecular complexity index is 713. The van der Waals surface area contributed by atoms with Crippen molar-refractivity contribution in [1.29, 1.82) is 0 Å². The number of carbonyl (C=O) groups excluding carboxylic acids is 1. The Labute approximate surface area is 123 Å². The molecule has 2 N–H and O–H groups in total. The SMILES string of the molecule is O=C(O)C1CC1C(=O)Nc1ccc(Br)c2ccccc12. The van der Waals surface area contributed by atoms with E-state index < -0.39 is 17.8 Å². The fraction of sp³-hybridized carbons (Fsp3) is 0.200. The van der Waals surface area contributed by atoms with Gasteiger partial charge in [0, 0.05) is 15.5 Å². The Morgan fingerprint density at radius 1 is 1.10 bits per heavy atom. The zero-order valence-corrected chi connectivity index (χ0v) is 12.1. The number of nitrogens with one attached hydrogen (secondary N) is 1. The summed E-state index contributed by atoms with van der Waals surface area (Å²) in [5.41, 5.74) is 0.713. The molecule has 0 saturated heterocycles. The summed E-state index contributed by atoms with van der Waals surface area (Å²) in [7, 11) is 0. The maximum absolute atomic E-state index is 12.0. The Hall–Kier alpha value is -1.88. The van der Waals surface area contributed by atoms with Gasteiger partial charge in [0.1, 0.15) is 0 Å². The van der Waals surface area contributed by atoms with Crippen LogP contribution in [-0.2, 0) is 9.59 Å². The first-order valence-electron chi connectivity index (χ1n) is 6.29. The topological polar surface area (TPSA) is 66.4 Å². The molecule has 0 spiro atoms. The minimum Gasteiger partial charge on any atom is -0.481 e. The highest BCUT2D eigenvalue weighted by atomic mass is 79.9. The number of aliphatic carboxylic acids is 1. The molecule has 1 saturated carbocycles. The van der Waals surface area contributed by atoms with Crippen LogP contribution in [0.1, 0.15) is 6.42 Å². The minimum atomic E-state index is -0.897. The fourth-order valence-corrected chi connectivity index (χ4v) is 2.83. The zero-order valence-electron chi connectivity index (χ0n) is 10.5. The summed E-state index contributed by atoms with van der Waals surface area (Å²) in [6, 6.07) is 11.4. The molecule has 3 rings (SSSR count). The zero-order chi connectivity index (χ0) is 14.3. The van der Waals surface area contributed by atoms with Crippen LogP contribution in [0.2, 0.25) is 0 Å². The number of halogens is 1. The van der Waals surface area contributed by atoms with E-state index >= 15 is 0 Å². The molecule has 5 heteroatoms. The van der Waals surface area contributed by atoms with Crippen molar-refractivity contribution < 1.29 is 14.7 Å². The highest BCUT2D eigenvalue weighted by Gasteiger charge is 2.48. The monoisotopic (exact) mass is 333 g/mol. The summed E-state index contributed by atoms with van der Waals surface area (Å²) in [6.07, 6.45) is 0.426. The lowest BCUT2D eigenvalue weighted by atomic mass is 10.1. The molecule has 20 heavy (non-hydrogen) atoms. The number of hydrogen-bond acceptors (Lipinski definition) is 2. The van der Waals surface area contributed by atoms with Gasteiger partial charge in [-0.1, -0.05) is 40.2 Å². The number of fused-ring (bicyclic) bond motifs is 1. The van der Waals surface area contributed by atoms with Crippen LogP contribution in [0.15, 0.2) is 40.9 Å². The summed E-state index contributed by atoms with van der Waals surface area (Å²) in [4.78, 5) is 22.8. The van der Waals surface area contributed by atoms with Crippen LogP contribution in [0.3, 0.4) is 0 Å². The van der Waals surface area contributed by atoms with Gasteiger partial charge >= 0.3 is 5.97 Å². The number of carboxylic acid groups (broad SMARTS) is 1. The molecule has 4 nitrogen and oxygen atoms in total. The van der Waals surface area contributed by atoms with Gasteiger partial charge in [-0.2, -0.15) is 0 Å². The summed E-state index contributed by atoms with van der Waals surface area (Å²) in [5, 5.41) is 13.6. The third-order valence-corrected chi connectivity index (χ3v) is 4.26. The molecule has 102 valence electrons. The van der Waals surface area contributed by atoms with Crippen LogP contribution in [0.25, 0.3) is 10.8 Å². The van der Waals surface area contributed by atoms with Crippen LogP contribution < -0.4 is 5.32 Å². The standard InChI is InChI=1S/C15H12BrNO3/c16-12-5-6-13(9-4-2-1-3-8(9)12)17-14(18)10-7-11(10)15(19)20/h1-6,10-11H,7H2,(H,17,18)(H,19,20). The molecule has 0 radical (unpaired) electrons. The molecule has 1 aliphatic rings. The van der Waals surface area contributed by atoms with Crippen molar-refractivity contribution in [3.8, 4) is 0 Å². The van der Waals surface area contributed by atoms with Crippen LogP contribution in [0.4, 0.5) is 5.69 Å². The second-order valence-corrected chi connectivity index (χ2v) is 5.77. The predicted molar refractivity (Wildman–Crippen MR) is 79.5 cm³/mol. The smallest absolute Gasteiger partial charge is 0.307 e. The van der Waals surface area contributed by atoms with Gasteiger partial charge in [-0.3, -0.25) is 9.59 Å². The van der Waals surface area contributed by atoms with Gasteiger partial charge in [-0.05, 0) is 23.9 Å². The van der Waals surface area contributed by atoms with E-state index in [1.807, 2.05) is 36.4 Å². The Morgan fingerprint density at radius 2 is 1.80 bits per heavy atom. The van der Waals surface area contributed by atoms with Crippen molar-refractivity contribution in [2.45, 2.75) is 6.42 Å². The molecule has 2 unspecified atom stereocenters. The summed E-state index contributed by atoms with van der Waals surface area (Å²) in [5.74, 6) is -2.05. The number of carboxylic acids is 1. The summed E-state index contributed by atoms with van der Waals surface area (Å²) < 4.78 is 0.959. The van der Waals surface area contributed by atoms with E-state index in [9.17, 15) is 9.59 Å². The number of benzene rings is 2. The van der Waals surface area contributed by atoms with E-state index in [2.05, 4.69) is 21.2 Å². The number of carbonyl (C=O) groups is 2. The molecule has 0 aromatic heterocycles. The largest absolute Gasteiger partial charge is 0.481 e. The Morgan fingerprint density at radius 3 is 2.45 bits per heavy atom. The molecule has 2 aromatic rings. The number of rotatable bonds is 3. The van der Waals surface area contributed by atoms with E-state index in [1.165, 1.54) is 0 Å². The maximum atomic E-state index is 12.0. The third-order valence-electron chi connectivity index (χ3n) is 3.57. The van der Waals surface area contributed by atoms with Gasteiger partial charge in [0.2, 0.25) is 5.91 Å². The maximum Gasteiger partial charge on any atom is 0.307 e. The van der Waals surface area contributed by atoms with Crippen LogP contribution >= 0.6 is 15.9 Å². The summed E-state index contributed by atoms with van der Waals surface area (Å²) in [6.45, 7) is 0. The van der Waals surface area contributed by atoms with Crippen LogP contribution in [-0.4, -0.2) is 17.0 Å². The van der Waals surface area contributed by atoms with Gasteiger partial charge in [-0.15, -0.1) is 0 Å². The van der Waals surface area contributed by atoms with Crippen molar-refractivity contribution in [3.05, 3.63) is 40.9 Å². The first-order valence-corrected chi connectivity index (χ1v) is 7.08. The molecule has 2 atom stereocenters. The molecule has 1 amide bonds. The first-order chi connectivity index (χ1) is 9.58. The molecule has 0 heterocycles. The van der Waals surface area contributed by atoms with Crippen LogP contribution in [0, 0.1) is 11.8 Å². The Balaban J connectivity index is 1.87. The number of amides is 1. The average Bonchev–Trinajstić information content (AvgIpc) is 3.23. The van der Waals surface area contributed by atoms with Gasteiger partial charge in [0.15, 0.2) is 0 Å². The van der Waals surface area contributed by atoms with Crippen molar-refractivity contribution in [2.24, 2.45) is 11.8 Å². The minimum absolute atomic E-state index is 0.218. The lowest BCUT2D eigenvalue weighted by Crippen LogP contribution is -2.17. The highest BCUT2D eigenvalue weighted by molar-refractivity contribution is 9.10. The van der Waals surface area contributed by atoms with Crippen molar-refractivity contribution in [3.63, 3.8) is 0 Å². The van der Waals surface area contributed by atoms with E-state index in [-0.39, 0.29) is 5.91 Å². The molecule has 0 aliphatic heterocycles. The Kier molecular flexibility index (Phi) is 3.22. The fourth-order valence-electron chi connectivity index (χ4n) is 2.35. The first kappa shape index (κ1) is 13.1. The number of anilines is 1. The molecule has 1 aliphatic carbocycles. The molecule has 2 aromatic carbocycles. The summed E-state index contributed by atoms with van der Waals surface area (Å²) >= 11 is 3.48. The van der Waals surface area contributed by atoms with Gasteiger partial charge in [-0.25, -0.2) is 0 Å². The van der Waals surface area contributed by atoms with Gasteiger partial charge < -0.3 is 10.4 Å². The second-order valence-electron chi connectivity index (χ2n) is 4.92. The number of hydrogen-bond donors (Lipinski definition) is 2. The van der Waals surface area contributed by atoms with Crippen molar-refractivity contribution in [1.82, 2.24) is 0 Å². The molecule has 0 bridgehead atoms. The van der Waals surface area contributed by atoms with E-state index in [1.54, 1.807) is 0 Å².